The zero-order chi connectivity index (χ0) is 13.3. The monoisotopic (exact) mass is 258 g/mol. The van der Waals surface area contributed by atoms with Crippen LogP contribution in [-0.4, -0.2) is 18.5 Å². The Labute approximate surface area is 102 Å². The standard InChI is InChI=1S/C12H13F3N2O/c1-6-8(2-3-16-6)12(18)17-7-4-9(13)11(15)10(14)5-7/h4-6,8,16H,2-3H2,1H3,(H,17,18). The summed E-state index contributed by atoms with van der Waals surface area (Å²) in [5.74, 6) is -4.74. The first kappa shape index (κ1) is 12.9. The lowest BCUT2D eigenvalue weighted by atomic mass is 10.0. The highest BCUT2D eigenvalue weighted by atomic mass is 19.2. The zero-order valence-corrected chi connectivity index (χ0v) is 9.77. The van der Waals surface area contributed by atoms with Crippen LogP contribution in [0.5, 0.6) is 0 Å². The molecule has 0 radical (unpaired) electrons. The van der Waals surface area contributed by atoms with E-state index in [9.17, 15) is 18.0 Å². The van der Waals surface area contributed by atoms with Crippen LogP contribution in [0.1, 0.15) is 13.3 Å². The molecule has 3 nitrogen and oxygen atoms in total. The van der Waals surface area contributed by atoms with Crippen molar-refractivity contribution in [1.29, 1.82) is 0 Å². The van der Waals surface area contributed by atoms with Crippen LogP contribution in [0.2, 0.25) is 0 Å². The van der Waals surface area contributed by atoms with Crippen LogP contribution in [0.25, 0.3) is 0 Å². The molecule has 1 amide bonds. The maximum atomic E-state index is 13.0. The Morgan fingerprint density at radius 1 is 1.33 bits per heavy atom. The van der Waals surface area contributed by atoms with Crippen molar-refractivity contribution in [2.24, 2.45) is 5.92 Å². The molecular weight excluding hydrogens is 245 g/mol. The first-order valence-corrected chi connectivity index (χ1v) is 5.68. The van der Waals surface area contributed by atoms with Gasteiger partial charge in [0.25, 0.3) is 0 Å². The molecule has 98 valence electrons. The SMILES string of the molecule is CC1NCCC1C(=O)Nc1cc(F)c(F)c(F)c1. The Balaban J connectivity index is 2.12. The van der Waals surface area contributed by atoms with Crippen LogP contribution < -0.4 is 10.6 Å². The molecule has 1 aliphatic heterocycles. The molecule has 2 unspecified atom stereocenters. The van der Waals surface area contributed by atoms with E-state index in [-0.39, 0.29) is 23.6 Å². The molecule has 18 heavy (non-hydrogen) atoms. The molecule has 2 rings (SSSR count). The molecule has 0 bridgehead atoms. The Kier molecular flexibility index (Phi) is 3.56. The van der Waals surface area contributed by atoms with Crippen molar-refractivity contribution >= 4 is 11.6 Å². The predicted molar refractivity (Wildman–Crippen MR) is 60.5 cm³/mol. The van der Waals surface area contributed by atoms with Crippen molar-refractivity contribution in [3.05, 3.63) is 29.6 Å². The topological polar surface area (TPSA) is 41.1 Å². The maximum absolute atomic E-state index is 13.0. The van der Waals surface area contributed by atoms with Gasteiger partial charge in [-0.05, 0) is 19.9 Å². The van der Waals surface area contributed by atoms with Gasteiger partial charge in [0.15, 0.2) is 17.5 Å². The van der Waals surface area contributed by atoms with Crippen molar-refractivity contribution in [1.82, 2.24) is 5.32 Å². The second-order valence-corrected chi connectivity index (χ2v) is 4.38. The molecule has 6 heteroatoms. The van der Waals surface area contributed by atoms with E-state index in [1.54, 1.807) is 0 Å². The molecule has 2 N–H and O–H groups in total. The summed E-state index contributed by atoms with van der Waals surface area (Å²) in [7, 11) is 0. The van der Waals surface area contributed by atoms with Crippen LogP contribution in [0.4, 0.5) is 18.9 Å². The van der Waals surface area contributed by atoms with Gasteiger partial charge in [-0.25, -0.2) is 13.2 Å². The minimum absolute atomic E-state index is 0.0140. The number of rotatable bonds is 2. The van der Waals surface area contributed by atoms with E-state index >= 15 is 0 Å². The summed E-state index contributed by atoms with van der Waals surface area (Å²) >= 11 is 0. The fourth-order valence-corrected chi connectivity index (χ4v) is 2.08. The van der Waals surface area contributed by atoms with E-state index in [2.05, 4.69) is 10.6 Å². The normalized spacial score (nSPS) is 23.1. The van der Waals surface area contributed by atoms with Gasteiger partial charge in [-0.2, -0.15) is 0 Å². The first-order chi connectivity index (χ1) is 8.49. The molecule has 0 aliphatic carbocycles. The number of benzene rings is 1. The smallest absolute Gasteiger partial charge is 0.229 e. The van der Waals surface area contributed by atoms with E-state index in [1.165, 1.54) is 0 Å². The number of hydrogen-bond donors (Lipinski definition) is 2. The number of anilines is 1. The van der Waals surface area contributed by atoms with Crippen molar-refractivity contribution in [2.75, 3.05) is 11.9 Å². The third kappa shape index (κ3) is 2.48. The van der Waals surface area contributed by atoms with Gasteiger partial charge in [-0.15, -0.1) is 0 Å². The molecule has 1 heterocycles. The summed E-state index contributed by atoms with van der Waals surface area (Å²) in [6, 6.07) is 1.55. The Hall–Kier alpha value is -1.56. The number of hydrogen-bond acceptors (Lipinski definition) is 2. The minimum atomic E-state index is -1.54. The molecule has 0 spiro atoms. The summed E-state index contributed by atoms with van der Waals surface area (Å²) in [5, 5.41) is 5.50. The van der Waals surface area contributed by atoms with Gasteiger partial charge in [0, 0.05) is 23.9 Å². The van der Waals surface area contributed by atoms with Gasteiger partial charge < -0.3 is 10.6 Å². The fraction of sp³-hybridized carbons (Fsp3) is 0.417. The van der Waals surface area contributed by atoms with Crippen LogP contribution >= 0.6 is 0 Å². The summed E-state index contributed by atoms with van der Waals surface area (Å²) in [4.78, 5) is 11.8. The summed E-state index contributed by atoms with van der Waals surface area (Å²) in [6.45, 7) is 2.59. The van der Waals surface area contributed by atoms with E-state index < -0.39 is 17.5 Å². The number of nitrogens with one attached hydrogen (secondary N) is 2. The van der Waals surface area contributed by atoms with Crippen molar-refractivity contribution < 1.29 is 18.0 Å². The van der Waals surface area contributed by atoms with Crippen LogP contribution in [0.3, 0.4) is 0 Å². The summed E-state index contributed by atoms with van der Waals surface area (Å²) in [6.07, 6.45) is 0.666. The molecule has 1 aromatic carbocycles. The molecule has 1 aliphatic rings. The molecule has 1 aromatic rings. The van der Waals surface area contributed by atoms with E-state index in [0.717, 1.165) is 18.7 Å². The highest BCUT2D eigenvalue weighted by Crippen LogP contribution is 2.21. The quantitative estimate of drug-likeness (QED) is 0.797. The highest BCUT2D eigenvalue weighted by Gasteiger charge is 2.29. The zero-order valence-electron chi connectivity index (χ0n) is 9.77. The lowest BCUT2D eigenvalue weighted by molar-refractivity contribution is -0.120. The predicted octanol–water partition coefficient (Wildman–Crippen LogP) is 2.04. The van der Waals surface area contributed by atoms with Crippen LogP contribution in [-0.2, 0) is 4.79 Å². The maximum Gasteiger partial charge on any atom is 0.229 e. The fourth-order valence-electron chi connectivity index (χ4n) is 2.08. The van der Waals surface area contributed by atoms with Crippen LogP contribution in [0.15, 0.2) is 12.1 Å². The number of carbonyl (C=O) groups excluding carboxylic acids is 1. The summed E-state index contributed by atoms with van der Waals surface area (Å²) < 4.78 is 38.7. The van der Waals surface area contributed by atoms with Gasteiger partial charge in [0.1, 0.15) is 0 Å². The molecular formula is C12H13F3N2O. The van der Waals surface area contributed by atoms with E-state index in [4.69, 9.17) is 0 Å². The molecule has 1 saturated heterocycles. The molecule has 0 aromatic heterocycles. The second-order valence-electron chi connectivity index (χ2n) is 4.38. The lowest BCUT2D eigenvalue weighted by Crippen LogP contribution is -2.32. The van der Waals surface area contributed by atoms with Gasteiger partial charge >= 0.3 is 0 Å². The molecule has 0 saturated carbocycles. The third-order valence-electron chi connectivity index (χ3n) is 3.11. The van der Waals surface area contributed by atoms with Crippen LogP contribution in [0, 0.1) is 23.4 Å². The third-order valence-corrected chi connectivity index (χ3v) is 3.11. The Morgan fingerprint density at radius 2 is 1.94 bits per heavy atom. The molecule has 1 fully saturated rings. The average molecular weight is 258 g/mol. The molecule has 2 atom stereocenters. The van der Waals surface area contributed by atoms with Gasteiger partial charge in [-0.3, -0.25) is 4.79 Å². The highest BCUT2D eigenvalue weighted by molar-refractivity contribution is 5.93. The van der Waals surface area contributed by atoms with Gasteiger partial charge in [0.2, 0.25) is 5.91 Å². The average Bonchev–Trinajstić information content (AvgIpc) is 2.72. The number of carbonyl (C=O) groups is 1. The lowest BCUT2D eigenvalue weighted by Gasteiger charge is -2.15. The van der Waals surface area contributed by atoms with Crippen molar-refractivity contribution in [3.63, 3.8) is 0 Å². The van der Waals surface area contributed by atoms with Gasteiger partial charge in [0.05, 0.1) is 5.92 Å². The van der Waals surface area contributed by atoms with Gasteiger partial charge in [-0.1, -0.05) is 0 Å². The number of halogens is 3. The van der Waals surface area contributed by atoms with Crippen molar-refractivity contribution in [3.8, 4) is 0 Å². The van der Waals surface area contributed by atoms with E-state index in [0.29, 0.717) is 6.42 Å². The second kappa shape index (κ2) is 4.97. The number of amides is 1. The first-order valence-electron chi connectivity index (χ1n) is 5.68. The Bertz CT molecular complexity index is 455. The van der Waals surface area contributed by atoms with Crippen molar-refractivity contribution in [2.45, 2.75) is 19.4 Å². The minimum Gasteiger partial charge on any atom is -0.326 e. The van der Waals surface area contributed by atoms with E-state index in [1.807, 2.05) is 6.92 Å². The Morgan fingerprint density at radius 3 is 2.44 bits per heavy atom. The largest absolute Gasteiger partial charge is 0.326 e. The summed E-state index contributed by atoms with van der Waals surface area (Å²) in [5.41, 5.74) is -0.0736.